The molecule has 2 atom stereocenters. The molecule has 1 heterocycles. The van der Waals surface area contributed by atoms with Gasteiger partial charge in [0.05, 0.1) is 0 Å². The number of H-pyrrole nitrogens is 1. The van der Waals surface area contributed by atoms with Gasteiger partial charge in [0.1, 0.15) is 12.4 Å². The molecule has 7 heteroatoms. The smallest absolute Gasteiger partial charge is 0.326 e. The summed E-state index contributed by atoms with van der Waals surface area (Å²) in [6, 6.07) is 5.82. The quantitative estimate of drug-likeness (QED) is 0.752. The van der Waals surface area contributed by atoms with Gasteiger partial charge in [-0.2, -0.15) is 5.10 Å². The van der Waals surface area contributed by atoms with Crippen LogP contribution in [0.15, 0.2) is 30.6 Å². The van der Waals surface area contributed by atoms with Crippen LogP contribution in [0, 0.1) is 5.92 Å². The number of carboxylic acid groups (broad SMARTS) is 1. The average Bonchev–Trinajstić information content (AvgIpc) is 3.06. The first-order chi connectivity index (χ1) is 10.5. The minimum atomic E-state index is -1.03. The predicted octanol–water partition coefficient (Wildman–Crippen LogP) is 1.70. The van der Waals surface area contributed by atoms with Crippen molar-refractivity contribution in [1.82, 2.24) is 20.5 Å². The molecular weight excluding hydrogens is 284 g/mol. The normalized spacial score (nSPS) is 13.4. The molecular formula is C15H18N4O3. The average molecular weight is 302 g/mol. The van der Waals surface area contributed by atoms with Gasteiger partial charge in [0.2, 0.25) is 0 Å². The van der Waals surface area contributed by atoms with E-state index in [1.165, 1.54) is 6.33 Å². The van der Waals surface area contributed by atoms with Crippen molar-refractivity contribution in [2.45, 2.75) is 26.3 Å². The number of carboxylic acids is 1. The predicted molar refractivity (Wildman–Crippen MR) is 80.2 cm³/mol. The molecule has 2 rings (SSSR count). The molecule has 2 aromatic rings. The second-order valence-corrected chi connectivity index (χ2v) is 5.09. The van der Waals surface area contributed by atoms with Crippen molar-refractivity contribution in [2.75, 3.05) is 0 Å². The molecule has 1 aromatic carbocycles. The largest absolute Gasteiger partial charge is 0.480 e. The van der Waals surface area contributed by atoms with Crippen LogP contribution in [-0.2, 0) is 4.79 Å². The summed E-state index contributed by atoms with van der Waals surface area (Å²) < 4.78 is 0. The molecule has 1 amide bonds. The minimum Gasteiger partial charge on any atom is -0.480 e. The van der Waals surface area contributed by atoms with E-state index in [2.05, 4.69) is 20.5 Å². The van der Waals surface area contributed by atoms with Gasteiger partial charge in [0.25, 0.3) is 5.91 Å². The number of aromatic nitrogens is 3. The fraction of sp³-hybridized carbons (Fsp3) is 0.333. The lowest BCUT2D eigenvalue weighted by Gasteiger charge is -2.20. The van der Waals surface area contributed by atoms with Crippen LogP contribution in [0.4, 0.5) is 0 Å². The second kappa shape index (κ2) is 6.84. The molecule has 7 nitrogen and oxygen atoms in total. The van der Waals surface area contributed by atoms with Gasteiger partial charge in [0.15, 0.2) is 5.82 Å². The van der Waals surface area contributed by atoms with E-state index in [1.807, 2.05) is 6.92 Å². The second-order valence-electron chi connectivity index (χ2n) is 5.09. The molecule has 0 bridgehead atoms. The highest BCUT2D eigenvalue weighted by molar-refractivity contribution is 5.97. The number of nitrogens with zero attached hydrogens (tertiary/aromatic N) is 2. The van der Waals surface area contributed by atoms with Crippen LogP contribution in [0.1, 0.15) is 30.6 Å². The van der Waals surface area contributed by atoms with E-state index >= 15 is 0 Å². The highest BCUT2D eigenvalue weighted by Crippen LogP contribution is 2.15. The molecule has 116 valence electrons. The summed E-state index contributed by atoms with van der Waals surface area (Å²) >= 11 is 0. The molecule has 0 spiro atoms. The summed E-state index contributed by atoms with van der Waals surface area (Å²) in [6.45, 7) is 3.69. The fourth-order valence-electron chi connectivity index (χ4n) is 2.03. The third-order valence-electron chi connectivity index (χ3n) is 3.60. The summed E-state index contributed by atoms with van der Waals surface area (Å²) in [4.78, 5) is 27.4. The molecule has 0 unspecified atom stereocenters. The Morgan fingerprint density at radius 2 is 2.00 bits per heavy atom. The number of aromatic amines is 1. The van der Waals surface area contributed by atoms with E-state index in [4.69, 9.17) is 0 Å². The highest BCUT2D eigenvalue weighted by Gasteiger charge is 2.25. The van der Waals surface area contributed by atoms with Crippen molar-refractivity contribution in [2.24, 2.45) is 5.92 Å². The van der Waals surface area contributed by atoms with Crippen LogP contribution in [0.3, 0.4) is 0 Å². The van der Waals surface area contributed by atoms with Gasteiger partial charge in [-0.1, -0.05) is 32.4 Å². The first-order valence-electron chi connectivity index (χ1n) is 7.02. The molecule has 3 N–H and O–H groups in total. The van der Waals surface area contributed by atoms with Crippen molar-refractivity contribution in [1.29, 1.82) is 0 Å². The first kappa shape index (κ1) is 15.7. The number of nitrogens with one attached hydrogen (secondary N) is 2. The van der Waals surface area contributed by atoms with E-state index in [-0.39, 0.29) is 5.92 Å². The summed E-state index contributed by atoms with van der Waals surface area (Å²) in [7, 11) is 0. The maximum atomic E-state index is 12.2. The van der Waals surface area contributed by atoms with Gasteiger partial charge < -0.3 is 10.4 Å². The zero-order valence-electron chi connectivity index (χ0n) is 12.4. The van der Waals surface area contributed by atoms with Gasteiger partial charge in [-0.15, -0.1) is 0 Å². The lowest BCUT2D eigenvalue weighted by atomic mass is 9.99. The SMILES string of the molecule is CC[C@H](C)[C@H](NC(=O)c1ccc(-c2ncn[nH]2)cc1)C(=O)O. The first-order valence-corrected chi connectivity index (χ1v) is 7.02. The van der Waals surface area contributed by atoms with Crippen LogP contribution < -0.4 is 5.32 Å². The summed E-state index contributed by atoms with van der Waals surface area (Å²) in [5, 5.41) is 18.3. The van der Waals surface area contributed by atoms with Crippen LogP contribution in [0.25, 0.3) is 11.4 Å². The fourth-order valence-corrected chi connectivity index (χ4v) is 2.03. The van der Waals surface area contributed by atoms with Gasteiger partial charge >= 0.3 is 5.97 Å². The maximum absolute atomic E-state index is 12.2. The Hall–Kier alpha value is -2.70. The van der Waals surface area contributed by atoms with E-state index < -0.39 is 17.9 Å². The number of carbonyl (C=O) groups is 2. The summed E-state index contributed by atoms with van der Waals surface area (Å²) in [6.07, 6.45) is 2.07. The Morgan fingerprint density at radius 3 is 2.50 bits per heavy atom. The lowest BCUT2D eigenvalue weighted by Crippen LogP contribution is -2.45. The zero-order chi connectivity index (χ0) is 16.1. The molecule has 0 aliphatic heterocycles. The number of carbonyl (C=O) groups excluding carboxylic acids is 1. The van der Waals surface area contributed by atoms with Crippen molar-refractivity contribution >= 4 is 11.9 Å². The summed E-state index contributed by atoms with van der Waals surface area (Å²) in [5.41, 5.74) is 1.20. The number of benzene rings is 1. The van der Waals surface area contributed by atoms with Gasteiger partial charge in [0, 0.05) is 11.1 Å². The van der Waals surface area contributed by atoms with Crippen LogP contribution in [0.2, 0.25) is 0 Å². The Kier molecular flexibility index (Phi) is 4.88. The maximum Gasteiger partial charge on any atom is 0.326 e. The third-order valence-corrected chi connectivity index (χ3v) is 3.60. The third kappa shape index (κ3) is 3.49. The molecule has 0 fully saturated rings. The van der Waals surface area contributed by atoms with Crippen LogP contribution in [0.5, 0.6) is 0 Å². The van der Waals surface area contributed by atoms with Crippen molar-refractivity contribution in [3.05, 3.63) is 36.2 Å². The number of hydrogen-bond donors (Lipinski definition) is 3. The molecule has 0 aliphatic rings. The van der Waals surface area contributed by atoms with Crippen molar-refractivity contribution in [3.63, 3.8) is 0 Å². The molecule has 0 saturated heterocycles. The summed E-state index contributed by atoms with van der Waals surface area (Å²) in [5.74, 6) is -0.970. The Balaban J connectivity index is 2.11. The molecule has 0 saturated carbocycles. The number of hydrogen-bond acceptors (Lipinski definition) is 4. The van der Waals surface area contributed by atoms with Crippen LogP contribution >= 0.6 is 0 Å². The number of aliphatic carboxylic acids is 1. The Morgan fingerprint density at radius 1 is 1.32 bits per heavy atom. The van der Waals surface area contributed by atoms with Crippen LogP contribution in [-0.4, -0.2) is 38.2 Å². The van der Waals surface area contributed by atoms with Gasteiger partial charge in [-0.25, -0.2) is 9.78 Å². The zero-order valence-corrected chi connectivity index (χ0v) is 12.4. The standard InChI is InChI=1S/C15H18N4O3/c1-3-9(2)12(15(21)22)18-14(20)11-6-4-10(5-7-11)13-16-8-17-19-13/h4-9,12H,3H2,1-2H3,(H,18,20)(H,21,22)(H,16,17,19)/t9-,12-/m0/s1. The van der Waals surface area contributed by atoms with E-state index in [9.17, 15) is 14.7 Å². The molecule has 0 radical (unpaired) electrons. The molecule has 22 heavy (non-hydrogen) atoms. The Labute approximate surface area is 127 Å². The molecule has 1 aromatic heterocycles. The molecule has 0 aliphatic carbocycles. The van der Waals surface area contributed by atoms with Gasteiger partial charge in [-0.3, -0.25) is 9.89 Å². The van der Waals surface area contributed by atoms with E-state index in [0.29, 0.717) is 17.8 Å². The monoisotopic (exact) mass is 302 g/mol. The highest BCUT2D eigenvalue weighted by atomic mass is 16.4. The lowest BCUT2D eigenvalue weighted by molar-refractivity contribution is -0.140. The van der Waals surface area contributed by atoms with Gasteiger partial charge in [-0.05, 0) is 18.1 Å². The van der Waals surface area contributed by atoms with E-state index in [0.717, 1.165) is 5.56 Å². The number of amides is 1. The minimum absolute atomic E-state index is 0.144. The van der Waals surface area contributed by atoms with Crippen molar-refractivity contribution < 1.29 is 14.7 Å². The number of rotatable bonds is 6. The Bertz CT molecular complexity index is 637. The van der Waals surface area contributed by atoms with E-state index in [1.54, 1.807) is 31.2 Å². The topological polar surface area (TPSA) is 108 Å². The van der Waals surface area contributed by atoms with Crippen molar-refractivity contribution in [3.8, 4) is 11.4 Å².